The molecule has 0 amide bonds. The van der Waals surface area contributed by atoms with E-state index in [1.165, 1.54) is 28.6 Å². The average Bonchev–Trinajstić information content (AvgIpc) is 2.69. The summed E-state index contributed by atoms with van der Waals surface area (Å²) >= 11 is 0. The van der Waals surface area contributed by atoms with Crippen molar-refractivity contribution < 1.29 is 18.3 Å². The van der Waals surface area contributed by atoms with E-state index in [0.717, 1.165) is 6.42 Å². The first kappa shape index (κ1) is 14.0. The fraction of sp³-hybridized carbons (Fsp3) is 0.462. The summed E-state index contributed by atoms with van der Waals surface area (Å²) in [6.07, 6.45) is 0.854. The summed E-state index contributed by atoms with van der Waals surface area (Å²) in [5.74, 6) is -0.713. The Morgan fingerprint density at radius 1 is 1.26 bits per heavy atom. The minimum Gasteiger partial charge on any atom is -0.478 e. The Kier molecular flexibility index (Phi) is 3.64. The topological polar surface area (TPSA) is 74.7 Å². The highest BCUT2D eigenvalue weighted by molar-refractivity contribution is 7.89. The zero-order valence-corrected chi connectivity index (χ0v) is 11.7. The predicted octanol–water partition coefficient (Wildman–Crippen LogP) is 1.80. The summed E-state index contributed by atoms with van der Waals surface area (Å²) < 4.78 is 26.4. The summed E-state index contributed by atoms with van der Waals surface area (Å²) in [6, 6.07) is 5.33. The van der Waals surface area contributed by atoms with Crippen LogP contribution in [0.5, 0.6) is 0 Å². The molecule has 2 unspecified atom stereocenters. The molecule has 2 rings (SSSR count). The minimum absolute atomic E-state index is 0.0147. The molecule has 19 heavy (non-hydrogen) atoms. The molecule has 0 bridgehead atoms. The monoisotopic (exact) mass is 283 g/mol. The average molecular weight is 283 g/mol. The number of hydrogen-bond donors (Lipinski definition) is 1. The van der Waals surface area contributed by atoms with Crippen molar-refractivity contribution in [3.05, 3.63) is 29.8 Å². The van der Waals surface area contributed by atoms with Crippen molar-refractivity contribution in [1.29, 1.82) is 0 Å². The van der Waals surface area contributed by atoms with Crippen LogP contribution in [0.1, 0.15) is 30.6 Å². The van der Waals surface area contributed by atoms with E-state index in [9.17, 15) is 13.2 Å². The van der Waals surface area contributed by atoms with Crippen LogP contribution in [0, 0.1) is 5.92 Å². The van der Waals surface area contributed by atoms with Gasteiger partial charge in [-0.1, -0.05) is 6.92 Å². The van der Waals surface area contributed by atoms with Crippen LogP contribution in [0.2, 0.25) is 0 Å². The van der Waals surface area contributed by atoms with Gasteiger partial charge in [-0.15, -0.1) is 0 Å². The molecule has 2 atom stereocenters. The van der Waals surface area contributed by atoms with E-state index >= 15 is 0 Å². The summed E-state index contributed by atoms with van der Waals surface area (Å²) in [6.45, 7) is 4.44. The van der Waals surface area contributed by atoms with E-state index in [1.807, 2.05) is 13.8 Å². The largest absolute Gasteiger partial charge is 0.478 e. The smallest absolute Gasteiger partial charge is 0.335 e. The molecule has 1 aromatic carbocycles. The van der Waals surface area contributed by atoms with Crippen molar-refractivity contribution in [2.45, 2.75) is 31.2 Å². The van der Waals surface area contributed by atoms with Gasteiger partial charge in [-0.25, -0.2) is 13.2 Å². The highest BCUT2D eigenvalue weighted by Gasteiger charge is 2.35. The maximum atomic E-state index is 12.5. The van der Waals surface area contributed by atoms with Gasteiger partial charge in [0.05, 0.1) is 10.5 Å². The number of benzene rings is 1. The van der Waals surface area contributed by atoms with Crippen LogP contribution in [0.15, 0.2) is 29.2 Å². The van der Waals surface area contributed by atoms with E-state index in [0.29, 0.717) is 12.5 Å². The lowest BCUT2D eigenvalue weighted by atomic mass is 10.1. The molecular weight excluding hydrogens is 266 g/mol. The van der Waals surface area contributed by atoms with Crippen LogP contribution in [-0.2, 0) is 10.0 Å². The van der Waals surface area contributed by atoms with Gasteiger partial charge in [-0.2, -0.15) is 4.31 Å². The number of hydrogen-bond acceptors (Lipinski definition) is 3. The van der Waals surface area contributed by atoms with Gasteiger partial charge < -0.3 is 5.11 Å². The number of nitrogens with zero attached hydrogens (tertiary/aromatic N) is 1. The van der Waals surface area contributed by atoms with Crippen molar-refractivity contribution in [2.75, 3.05) is 6.54 Å². The number of carboxylic acid groups (broad SMARTS) is 1. The standard InChI is InChI=1S/C13H17NO4S/c1-9-7-10(2)14(8-9)19(17,18)12-5-3-11(4-6-12)13(15)16/h3-6,9-10H,7-8H2,1-2H3,(H,15,16). The molecule has 0 spiro atoms. The van der Waals surface area contributed by atoms with Gasteiger partial charge in [0.15, 0.2) is 0 Å². The Morgan fingerprint density at radius 3 is 2.26 bits per heavy atom. The summed E-state index contributed by atoms with van der Waals surface area (Å²) in [5, 5.41) is 8.81. The molecule has 1 fully saturated rings. The lowest BCUT2D eigenvalue weighted by Gasteiger charge is -2.21. The maximum absolute atomic E-state index is 12.5. The minimum atomic E-state index is -3.52. The van der Waals surface area contributed by atoms with Gasteiger partial charge in [-0.05, 0) is 43.5 Å². The summed E-state index contributed by atoms with van der Waals surface area (Å²) in [4.78, 5) is 10.9. The molecule has 6 heteroatoms. The second kappa shape index (κ2) is 4.94. The third-order valence-electron chi connectivity index (χ3n) is 3.43. The molecule has 1 heterocycles. The van der Waals surface area contributed by atoms with Gasteiger partial charge in [0.2, 0.25) is 10.0 Å². The molecule has 104 valence electrons. The molecule has 1 saturated heterocycles. The van der Waals surface area contributed by atoms with Crippen molar-refractivity contribution in [3.8, 4) is 0 Å². The van der Waals surface area contributed by atoms with Gasteiger partial charge in [0, 0.05) is 12.6 Å². The van der Waals surface area contributed by atoms with Crippen molar-refractivity contribution >= 4 is 16.0 Å². The van der Waals surface area contributed by atoms with Crippen LogP contribution in [0.25, 0.3) is 0 Å². The highest BCUT2D eigenvalue weighted by atomic mass is 32.2. The lowest BCUT2D eigenvalue weighted by molar-refractivity contribution is 0.0696. The second-order valence-electron chi connectivity index (χ2n) is 5.09. The quantitative estimate of drug-likeness (QED) is 0.918. The van der Waals surface area contributed by atoms with Crippen LogP contribution in [0.4, 0.5) is 0 Å². The molecule has 0 saturated carbocycles. The highest BCUT2D eigenvalue weighted by Crippen LogP contribution is 2.29. The molecule has 1 aromatic rings. The zero-order chi connectivity index (χ0) is 14.2. The molecule has 0 aromatic heterocycles. The maximum Gasteiger partial charge on any atom is 0.335 e. The molecule has 1 aliphatic rings. The van der Waals surface area contributed by atoms with Crippen molar-refractivity contribution in [1.82, 2.24) is 4.31 Å². The molecule has 0 radical (unpaired) electrons. The molecule has 5 nitrogen and oxygen atoms in total. The number of aromatic carboxylic acids is 1. The van der Waals surface area contributed by atoms with Gasteiger partial charge in [0.25, 0.3) is 0 Å². The van der Waals surface area contributed by atoms with E-state index in [2.05, 4.69) is 0 Å². The van der Waals surface area contributed by atoms with Crippen molar-refractivity contribution in [2.24, 2.45) is 5.92 Å². The van der Waals surface area contributed by atoms with Crippen LogP contribution < -0.4 is 0 Å². The van der Waals surface area contributed by atoms with Crippen LogP contribution >= 0.6 is 0 Å². The Labute approximate surface area is 112 Å². The van der Waals surface area contributed by atoms with E-state index in [-0.39, 0.29) is 16.5 Å². The van der Waals surface area contributed by atoms with Crippen molar-refractivity contribution in [3.63, 3.8) is 0 Å². The Hall–Kier alpha value is -1.40. The summed E-state index contributed by atoms with van der Waals surface area (Å²) in [5.41, 5.74) is 0.0850. The van der Waals surface area contributed by atoms with E-state index in [1.54, 1.807) is 0 Å². The normalized spacial score (nSPS) is 24.5. The molecule has 0 aliphatic carbocycles. The zero-order valence-electron chi connectivity index (χ0n) is 10.9. The fourth-order valence-electron chi connectivity index (χ4n) is 2.50. The predicted molar refractivity (Wildman–Crippen MR) is 70.5 cm³/mol. The molecular formula is C13H17NO4S. The summed E-state index contributed by atoms with van der Waals surface area (Å²) in [7, 11) is -3.52. The Balaban J connectivity index is 2.32. The fourth-order valence-corrected chi connectivity index (χ4v) is 4.26. The lowest BCUT2D eigenvalue weighted by Crippen LogP contribution is -2.34. The number of carbonyl (C=O) groups is 1. The number of sulfonamides is 1. The van der Waals surface area contributed by atoms with Gasteiger partial charge in [0.1, 0.15) is 0 Å². The molecule has 1 N–H and O–H groups in total. The third kappa shape index (κ3) is 2.64. The van der Waals surface area contributed by atoms with Gasteiger partial charge in [-0.3, -0.25) is 0 Å². The van der Waals surface area contributed by atoms with E-state index < -0.39 is 16.0 Å². The van der Waals surface area contributed by atoms with E-state index in [4.69, 9.17) is 5.11 Å². The Morgan fingerprint density at radius 2 is 1.84 bits per heavy atom. The number of carboxylic acids is 1. The molecule has 1 aliphatic heterocycles. The van der Waals surface area contributed by atoms with Gasteiger partial charge >= 0.3 is 5.97 Å². The van der Waals surface area contributed by atoms with Crippen LogP contribution in [0.3, 0.4) is 0 Å². The second-order valence-corrected chi connectivity index (χ2v) is 6.98. The third-order valence-corrected chi connectivity index (χ3v) is 5.43. The Bertz CT molecular complexity index is 579. The first-order chi connectivity index (χ1) is 8.82. The number of rotatable bonds is 3. The van der Waals surface area contributed by atoms with Crippen LogP contribution in [-0.4, -0.2) is 36.4 Å². The SMILES string of the molecule is CC1CC(C)N(S(=O)(=O)c2ccc(C(=O)O)cc2)C1. The first-order valence-electron chi connectivity index (χ1n) is 6.17. The first-order valence-corrected chi connectivity index (χ1v) is 7.61.